The van der Waals surface area contributed by atoms with Gasteiger partial charge in [-0.3, -0.25) is 4.79 Å². The minimum atomic E-state index is -0.0243. The molecule has 3 aromatic heterocycles. The number of aromatic nitrogens is 4. The molecule has 5 nitrogen and oxygen atoms in total. The first kappa shape index (κ1) is 14.2. The fourth-order valence-corrected chi connectivity index (χ4v) is 3.31. The second-order valence-electron chi connectivity index (χ2n) is 6.59. The summed E-state index contributed by atoms with van der Waals surface area (Å²) in [6, 6.07) is 4.17. The molecule has 3 aromatic rings. The molecular weight excluding hydrogens is 288 g/mol. The molecule has 5 heteroatoms. The predicted molar refractivity (Wildman–Crippen MR) is 89.0 cm³/mol. The standard InChI is InChI=1S/C18H20N4O/c1-10-6-7-22-9-15(20-16(22)8-10)13-4-5-14(13)17-19-12(3)11(2)18(23)21-17/h6-9,13-14H,4-5H2,1-3H3,(H,19,21,23). The molecule has 2 unspecified atom stereocenters. The zero-order valence-electron chi connectivity index (χ0n) is 13.6. The Balaban J connectivity index is 1.71. The minimum absolute atomic E-state index is 0.0243. The van der Waals surface area contributed by atoms with Gasteiger partial charge in [0.1, 0.15) is 11.5 Å². The van der Waals surface area contributed by atoms with Crippen LogP contribution in [0.1, 0.15) is 53.0 Å². The van der Waals surface area contributed by atoms with Crippen molar-refractivity contribution in [2.75, 3.05) is 0 Å². The van der Waals surface area contributed by atoms with Gasteiger partial charge in [-0.05, 0) is 51.3 Å². The van der Waals surface area contributed by atoms with E-state index in [1.807, 2.05) is 20.0 Å². The van der Waals surface area contributed by atoms with Crippen molar-refractivity contribution in [1.82, 2.24) is 19.4 Å². The van der Waals surface area contributed by atoms with Gasteiger partial charge in [-0.2, -0.15) is 0 Å². The molecule has 3 heterocycles. The van der Waals surface area contributed by atoms with Gasteiger partial charge >= 0.3 is 0 Å². The largest absolute Gasteiger partial charge is 0.310 e. The molecule has 2 atom stereocenters. The third-order valence-electron chi connectivity index (χ3n) is 5.05. The number of rotatable bonds is 2. The fraction of sp³-hybridized carbons (Fsp3) is 0.389. The smallest absolute Gasteiger partial charge is 0.254 e. The maximum absolute atomic E-state index is 12.0. The number of hydrogen-bond acceptors (Lipinski definition) is 3. The zero-order chi connectivity index (χ0) is 16.1. The first-order chi connectivity index (χ1) is 11.0. The average molecular weight is 308 g/mol. The van der Waals surface area contributed by atoms with Crippen molar-refractivity contribution in [3.63, 3.8) is 0 Å². The van der Waals surface area contributed by atoms with E-state index >= 15 is 0 Å². The zero-order valence-corrected chi connectivity index (χ0v) is 13.6. The number of nitrogens with zero attached hydrogens (tertiary/aromatic N) is 3. The summed E-state index contributed by atoms with van der Waals surface area (Å²) in [6.45, 7) is 5.79. The van der Waals surface area contributed by atoms with Crippen molar-refractivity contribution in [2.24, 2.45) is 0 Å². The molecule has 0 saturated heterocycles. The molecule has 1 fully saturated rings. The molecule has 118 valence electrons. The Morgan fingerprint density at radius 2 is 1.96 bits per heavy atom. The van der Waals surface area contributed by atoms with E-state index in [4.69, 9.17) is 4.98 Å². The van der Waals surface area contributed by atoms with Gasteiger partial charge in [0.25, 0.3) is 5.56 Å². The van der Waals surface area contributed by atoms with Crippen LogP contribution in [-0.2, 0) is 0 Å². The van der Waals surface area contributed by atoms with E-state index in [9.17, 15) is 4.79 Å². The van der Waals surface area contributed by atoms with Crippen LogP contribution in [0.3, 0.4) is 0 Å². The van der Waals surface area contributed by atoms with Gasteiger partial charge in [0.2, 0.25) is 0 Å². The lowest BCUT2D eigenvalue weighted by Crippen LogP contribution is -2.27. The van der Waals surface area contributed by atoms with E-state index in [2.05, 4.69) is 39.6 Å². The van der Waals surface area contributed by atoms with E-state index in [1.165, 1.54) is 5.56 Å². The van der Waals surface area contributed by atoms with Crippen molar-refractivity contribution >= 4 is 5.65 Å². The highest BCUT2D eigenvalue weighted by Gasteiger charge is 2.37. The van der Waals surface area contributed by atoms with Crippen LogP contribution in [0.25, 0.3) is 5.65 Å². The Kier molecular flexibility index (Phi) is 3.11. The summed E-state index contributed by atoms with van der Waals surface area (Å²) in [5.74, 6) is 1.40. The van der Waals surface area contributed by atoms with Gasteiger partial charge < -0.3 is 9.38 Å². The average Bonchev–Trinajstić information content (AvgIpc) is 2.85. The van der Waals surface area contributed by atoms with E-state index in [1.54, 1.807) is 0 Å². The summed E-state index contributed by atoms with van der Waals surface area (Å²) < 4.78 is 2.06. The van der Waals surface area contributed by atoms with E-state index in [0.29, 0.717) is 11.5 Å². The number of imidazole rings is 1. The molecule has 0 amide bonds. The number of H-pyrrole nitrogens is 1. The Hall–Kier alpha value is -2.43. The summed E-state index contributed by atoms with van der Waals surface area (Å²) in [5.41, 5.74) is 4.77. The summed E-state index contributed by atoms with van der Waals surface area (Å²) in [5, 5.41) is 0. The minimum Gasteiger partial charge on any atom is -0.310 e. The highest BCUT2D eigenvalue weighted by Crippen LogP contribution is 2.47. The molecular formula is C18H20N4O. The van der Waals surface area contributed by atoms with Crippen molar-refractivity contribution in [1.29, 1.82) is 0 Å². The van der Waals surface area contributed by atoms with Crippen LogP contribution in [0, 0.1) is 20.8 Å². The van der Waals surface area contributed by atoms with Crippen LogP contribution in [0.4, 0.5) is 0 Å². The SMILES string of the molecule is Cc1ccn2cc(C3CCC3c3nc(C)c(C)c(=O)[nH]3)nc2c1. The van der Waals surface area contributed by atoms with Gasteiger partial charge in [-0.15, -0.1) is 0 Å². The van der Waals surface area contributed by atoms with Crippen molar-refractivity contribution in [3.05, 3.63) is 63.2 Å². The van der Waals surface area contributed by atoms with Crippen LogP contribution >= 0.6 is 0 Å². The lowest BCUT2D eigenvalue weighted by atomic mass is 9.71. The maximum Gasteiger partial charge on any atom is 0.254 e. The van der Waals surface area contributed by atoms with E-state index in [-0.39, 0.29) is 11.5 Å². The molecule has 4 rings (SSSR count). The molecule has 1 saturated carbocycles. The lowest BCUT2D eigenvalue weighted by molar-refractivity contribution is 0.325. The Bertz CT molecular complexity index is 953. The predicted octanol–water partition coefficient (Wildman–Crippen LogP) is 3.00. The Morgan fingerprint density at radius 3 is 2.65 bits per heavy atom. The first-order valence-electron chi connectivity index (χ1n) is 8.05. The van der Waals surface area contributed by atoms with Crippen LogP contribution < -0.4 is 5.56 Å². The Morgan fingerprint density at radius 1 is 1.17 bits per heavy atom. The van der Waals surface area contributed by atoms with Crippen LogP contribution in [0.5, 0.6) is 0 Å². The van der Waals surface area contributed by atoms with Crippen molar-refractivity contribution in [3.8, 4) is 0 Å². The molecule has 0 radical (unpaired) electrons. The number of aromatic amines is 1. The first-order valence-corrected chi connectivity index (χ1v) is 8.05. The lowest BCUT2D eigenvalue weighted by Gasteiger charge is -2.34. The van der Waals surface area contributed by atoms with Gasteiger partial charge in [0.05, 0.1) is 5.69 Å². The fourth-order valence-electron chi connectivity index (χ4n) is 3.31. The molecule has 1 N–H and O–H groups in total. The number of aryl methyl sites for hydroxylation is 2. The Labute approximate surface area is 134 Å². The molecule has 1 aliphatic carbocycles. The van der Waals surface area contributed by atoms with Gasteiger partial charge in [0, 0.05) is 35.5 Å². The summed E-state index contributed by atoms with van der Waals surface area (Å²) in [4.78, 5) is 24.4. The number of fused-ring (bicyclic) bond motifs is 1. The molecule has 1 aliphatic rings. The van der Waals surface area contributed by atoms with E-state index < -0.39 is 0 Å². The van der Waals surface area contributed by atoms with Crippen LogP contribution in [0.15, 0.2) is 29.3 Å². The molecule has 0 bridgehead atoms. The van der Waals surface area contributed by atoms with E-state index in [0.717, 1.165) is 35.7 Å². The topological polar surface area (TPSA) is 63.1 Å². The van der Waals surface area contributed by atoms with Gasteiger partial charge in [0.15, 0.2) is 0 Å². The highest BCUT2D eigenvalue weighted by molar-refractivity contribution is 5.44. The monoisotopic (exact) mass is 308 g/mol. The quantitative estimate of drug-likeness (QED) is 0.791. The third kappa shape index (κ3) is 2.27. The molecule has 0 aromatic carbocycles. The molecule has 0 spiro atoms. The van der Waals surface area contributed by atoms with Crippen LogP contribution in [-0.4, -0.2) is 19.4 Å². The maximum atomic E-state index is 12.0. The molecule has 0 aliphatic heterocycles. The number of hydrogen-bond donors (Lipinski definition) is 1. The second kappa shape index (κ2) is 5.05. The number of nitrogens with one attached hydrogen (secondary N) is 1. The summed E-state index contributed by atoms with van der Waals surface area (Å²) in [6.07, 6.45) is 6.28. The van der Waals surface area contributed by atoms with Crippen LogP contribution in [0.2, 0.25) is 0 Å². The third-order valence-corrected chi connectivity index (χ3v) is 5.05. The van der Waals surface area contributed by atoms with Gasteiger partial charge in [-0.1, -0.05) is 0 Å². The van der Waals surface area contributed by atoms with Gasteiger partial charge in [-0.25, -0.2) is 9.97 Å². The second-order valence-corrected chi connectivity index (χ2v) is 6.59. The molecule has 23 heavy (non-hydrogen) atoms. The normalized spacial score (nSPS) is 20.7. The van der Waals surface area contributed by atoms with Crippen molar-refractivity contribution < 1.29 is 0 Å². The number of pyridine rings is 1. The van der Waals surface area contributed by atoms with Crippen molar-refractivity contribution in [2.45, 2.75) is 45.4 Å². The summed E-state index contributed by atoms with van der Waals surface area (Å²) >= 11 is 0. The highest BCUT2D eigenvalue weighted by atomic mass is 16.1. The summed E-state index contributed by atoms with van der Waals surface area (Å²) in [7, 11) is 0.